The number of rotatable bonds is 7. The minimum absolute atomic E-state index is 0.621. The molecule has 0 radical (unpaired) electrons. The number of H-pyrrole nitrogens is 1. The Bertz CT molecular complexity index is 776. The van der Waals surface area contributed by atoms with E-state index in [-0.39, 0.29) is 0 Å². The molecule has 126 valence electrons. The van der Waals surface area contributed by atoms with Crippen molar-refractivity contribution in [2.75, 3.05) is 7.05 Å². The first kappa shape index (κ1) is 16.3. The average Bonchev–Trinajstić information content (AvgIpc) is 3.21. The van der Waals surface area contributed by atoms with Gasteiger partial charge in [-0.1, -0.05) is 25.1 Å². The molecule has 0 unspecified atom stereocenters. The molecule has 1 N–H and O–H groups in total. The molecule has 1 aromatic carbocycles. The largest absolute Gasteiger partial charge is 0.298 e. The van der Waals surface area contributed by atoms with Crippen molar-refractivity contribution in [3.8, 4) is 11.4 Å². The number of nitrogens with one attached hydrogen (secondary N) is 1. The molecule has 2 heterocycles. The fourth-order valence-corrected chi connectivity index (χ4v) is 2.83. The minimum Gasteiger partial charge on any atom is -0.298 e. The Morgan fingerprint density at radius 3 is 2.88 bits per heavy atom. The summed E-state index contributed by atoms with van der Waals surface area (Å²) in [6.07, 6.45) is 3.08. The minimum atomic E-state index is 0.621. The summed E-state index contributed by atoms with van der Waals surface area (Å²) >= 11 is 0. The number of hydrogen-bond donors (Lipinski definition) is 1. The van der Waals surface area contributed by atoms with E-state index in [1.165, 1.54) is 16.8 Å². The summed E-state index contributed by atoms with van der Waals surface area (Å²) in [6, 6.07) is 8.24. The topological polar surface area (TPSA) is 75.5 Å². The third-order valence-electron chi connectivity index (χ3n) is 4.06. The molecule has 24 heavy (non-hydrogen) atoms. The summed E-state index contributed by atoms with van der Waals surface area (Å²) in [7, 11) is 2.12. The molecule has 0 bridgehead atoms. The van der Waals surface area contributed by atoms with Crippen LogP contribution in [0.3, 0.4) is 0 Å². The second-order valence-electron chi connectivity index (χ2n) is 6.09. The maximum absolute atomic E-state index is 4.48. The monoisotopic (exact) mass is 325 g/mol. The Morgan fingerprint density at radius 2 is 2.12 bits per heavy atom. The van der Waals surface area contributed by atoms with Gasteiger partial charge in [-0.2, -0.15) is 10.3 Å². The molecule has 2 aromatic heterocycles. The van der Waals surface area contributed by atoms with Crippen LogP contribution >= 0.6 is 0 Å². The van der Waals surface area contributed by atoms with E-state index in [9.17, 15) is 0 Å². The van der Waals surface area contributed by atoms with Gasteiger partial charge in [-0.25, -0.2) is 0 Å². The number of aryl methyl sites for hydroxylation is 1. The molecule has 0 aliphatic rings. The summed E-state index contributed by atoms with van der Waals surface area (Å²) in [5.74, 6) is 0.621. The molecule has 0 saturated carbocycles. The Balaban J connectivity index is 1.67. The van der Waals surface area contributed by atoms with E-state index in [0.717, 1.165) is 31.6 Å². The van der Waals surface area contributed by atoms with Gasteiger partial charge in [0.2, 0.25) is 5.82 Å². The van der Waals surface area contributed by atoms with Crippen LogP contribution < -0.4 is 0 Å². The summed E-state index contributed by atoms with van der Waals surface area (Å²) in [5.41, 5.74) is 4.73. The van der Waals surface area contributed by atoms with Crippen LogP contribution in [-0.4, -0.2) is 42.4 Å². The fraction of sp³-hybridized carbons (Fsp3) is 0.412. The van der Waals surface area contributed by atoms with Crippen LogP contribution in [0.1, 0.15) is 30.2 Å². The van der Waals surface area contributed by atoms with Crippen LogP contribution in [0.25, 0.3) is 11.4 Å². The van der Waals surface area contributed by atoms with Crippen LogP contribution in [-0.2, 0) is 19.6 Å². The van der Waals surface area contributed by atoms with Gasteiger partial charge in [-0.05, 0) is 37.2 Å². The number of hydrogen-bond acceptors (Lipinski definition) is 5. The molecule has 7 heteroatoms. The van der Waals surface area contributed by atoms with E-state index in [1.807, 2.05) is 18.3 Å². The van der Waals surface area contributed by atoms with Crippen molar-refractivity contribution in [2.24, 2.45) is 0 Å². The van der Waals surface area contributed by atoms with E-state index in [2.05, 4.69) is 68.3 Å². The Labute approximate surface area is 141 Å². The van der Waals surface area contributed by atoms with Gasteiger partial charge >= 0.3 is 0 Å². The van der Waals surface area contributed by atoms with E-state index in [4.69, 9.17) is 0 Å². The van der Waals surface area contributed by atoms with Gasteiger partial charge in [0.15, 0.2) is 0 Å². The first-order valence-corrected chi connectivity index (χ1v) is 8.20. The SMILES string of the molecule is CCCn1ncc(CN(C)Cc2cccc(-c3nn[nH]n3)c2)c1C. The lowest BCUT2D eigenvalue weighted by atomic mass is 10.1. The van der Waals surface area contributed by atoms with E-state index in [0.29, 0.717) is 5.82 Å². The van der Waals surface area contributed by atoms with E-state index >= 15 is 0 Å². The highest BCUT2D eigenvalue weighted by atomic mass is 15.5. The number of tetrazole rings is 1. The quantitative estimate of drug-likeness (QED) is 0.722. The van der Waals surface area contributed by atoms with Gasteiger partial charge < -0.3 is 0 Å². The average molecular weight is 325 g/mol. The Kier molecular flexibility index (Phi) is 5.00. The summed E-state index contributed by atoms with van der Waals surface area (Å²) in [6.45, 7) is 7.01. The number of benzene rings is 1. The highest BCUT2D eigenvalue weighted by Crippen LogP contribution is 2.17. The predicted molar refractivity (Wildman–Crippen MR) is 92.0 cm³/mol. The lowest BCUT2D eigenvalue weighted by Crippen LogP contribution is -2.17. The second-order valence-corrected chi connectivity index (χ2v) is 6.09. The molecule has 3 rings (SSSR count). The molecule has 0 amide bonds. The van der Waals surface area contributed by atoms with Crippen molar-refractivity contribution in [1.82, 2.24) is 35.3 Å². The molecule has 0 atom stereocenters. The molecule has 0 saturated heterocycles. The second kappa shape index (κ2) is 7.35. The van der Waals surface area contributed by atoms with Crippen LogP contribution in [0.4, 0.5) is 0 Å². The van der Waals surface area contributed by atoms with Gasteiger partial charge in [0, 0.05) is 36.5 Å². The van der Waals surface area contributed by atoms with Crippen molar-refractivity contribution in [3.63, 3.8) is 0 Å². The third-order valence-corrected chi connectivity index (χ3v) is 4.06. The zero-order valence-electron chi connectivity index (χ0n) is 14.4. The number of nitrogens with zero attached hydrogens (tertiary/aromatic N) is 6. The zero-order chi connectivity index (χ0) is 16.9. The number of aromatic amines is 1. The standard InChI is InChI=1S/C17H23N7/c1-4-8-24-13(2)16(10-18-24)12-23(3)11-14-6-5-7-15(9-14)17-19-21-22-20-17/h5-7,9-10H,4,8,11-12H2,1-3H3,(H,19,20,21,22). The number of aromatic nitrogens is 6. The maximum atomic E-state index is 4.48. The summed E-state index contributed by atoms with van der Waals surface area (Å²) in [5, 5.41) is 18.7. The molecule has 0 aliphatic heterocycles. The maximum Gasteiger partial charge on any atom is 0.204 e. The van der Waals surface area contributed by atoms with Crippen molar-refractivity contribution < 1.29 is 0 Å². The molecule has 7 nitrogen and oxygen atoms in total. The molecule has 0 aliphatic carbocycles. The van der Waals surface area contributed by atoms with Crippen LogP contribution in [0.5, 0.6) is 0 Å². The Hall–Kier alpha value is -2.54. The van der Waals surface area contributed by atoms with Crippen molar-refractivity contribution in [2.45, 2.75) is 39.9 Å². The fourth-order valence-electron chi connectivity index (χ4n) is 2.83. The Morgan fingerprint density at radius 1 is 1.25 bits per heavy atom. The van der Waals surface area contributed by atoms with Crippen LogP contribution in [0, 0.1) is 6.92 Å². The summed E-state index contributed by atoms with van der Waals surface area (Å²) < 4.78 is 2.08. The van der Waals surface area contributed by atoms with Gasteiger partial charge in [0.25, 0.3) is 0 Å². The van der Waals surface area contributed by atoms with Crippen molar-refractivity contribution in [3.05, 3.63) is 47.3 Å². The van der Waals surface area contributed by atoms with Crippen LogP contribution in [0.2, 0.25) is 0 Å². The van der Waals surface area contributed by atoms with Gasteiger partial charge in [0.1, 0.15) is 0 Å². The molecule has 0 spiro atoms. The first-order chi connectivity index (χ1) is 11.7. The normalized spacial score (nSPS) is 11.3. The predicted octanol–water partition coefficient (Wildman–Crippen LogP) is 2.41. The highest BCUT2D eigenvalue weighted by Gasteiger charge is 2.10. The molecular formula is C17H23N7. The lowest BCUT2D eigenvalue weighted by molar-refractivity contribution is 0.318. The van der Waals surface area contributed by atoms with Crippen molar-refractivity contribution >= 4 is 0 Å². The molecule has 0 fully saturated rings. The molecule has 3 aromatic rings. The zero-order valence-corrected chi connectivity index (χ0v) is 14.4. The van der Waals surface area contributed by atoms with E-state index in [1.54, 1.807) is 0 Å². The summed E-state index contributed by atoms with van der Waals surface area (Å²) in [4.78, 5) is 2.29. The lowest BCUT2D eigenvalue weighted by Gasteiger charge is -2.17. The van der Waals surface area contributed by atoms with Gasteiger partial charge in [0.05, 0.1) is 6.20 Å². The highest BCUT2D eigenvalue weighted by molar-refractivity contribution is 5.54. The van der Waals surface area contributed by atoms with E-state index < -0.39 is 0 Å². The van der Waals surface area contributed by atoms with Gasteiger partial charge in [-0.15, -0.1) is 10.2 Å². The van der Waals surface area contributed by atoms with Gasteiger partial charge in [-0.3, -0.25) is 9.58 Å². The molecular weight excluding hydrogens is 302 g/mol. The third kappa shape index (κ3) is 3.68. The van der Waals surface area contributed by atoms with Crippen molar-refractivity contribution in [1.29, 1.82) is 0 Å². The van der Waals surface area contributed by atoms with Crippen LogP contribution in [0.15, 0.2) is 30.5 Å². The first-order valence-electron chi connectivity index (χ1n) is 8.20. The smallest absolute Gasteiger partial charge is 0.204 e.